The smallest absolute Gasteiger partial charge is 0.504 e. The van der Waals surface area contributed by atoms with E-state index in [0.29, 0.717) is 64.5 Å². The zero-order chi connectivity index (χ0) is 48.7. The van der Waals surface area contributed by atoms with Crippen molar-refractivity contribution in [1.82, 2.24) is 15.1 Å². The second-order valence-corrected chi connectivity index (χ2v) is 20.3. The van der Waals surface area contributed by atoms with Gasteiger partial charge in [0.1, 0.15) is 24.0 Å². The van der Waals surface area contributed by atoms with Crippen LogP contribution < -0.4 is 33.7 Å². The molecule has 7 aliphatic heterocycles. The first-order valence-electron chi connectivity index (χ1n) is 22.9. The van der Waals surface area contributed by atoms with Crippen LogP contribution in [0.2, 0.25) is 0 Å². The van der Waals surface area contributed by atoms with Crippen LogP contribution in [-0.2, 0) is 37.4 Å². The number of phenolic OH excluding ortho intramolecular Hbond substituents is 1. The van der Waals surface area contributed by atoms with Gasteiger partial charge < -0.3 is 43.0 Å². The standard InChI is InChI=1S/C52H54N4O12S/c1-26-18-30-19-32-33(22-53)56-34-23-63-49(59)52(31-21-35(61-7)36(20-29(31)16-17-54-52)66-50(60)68-51(3,4)5)24-69-48(42(56)41(55(32)6)38(30)43(58)44(26)62-8)40-39(34)47-46(64-25-65-47)27(2)45(40)67-37(57)15-14-28-12-10-9-11-13-28/h9-15,18,20-21,32-34,41-42,48,54,58H,16-17,19,23-25H2,1-8H3/b15-14+/t32-,33-,34-,41+,42?,48+,52+/m0/s1. The van der Waals surface area contributed by atoms with Crippen LogP contribution in [0.3, 0.4) is 0 Å². The largest absolute Gasteiger partial charge is 0.514 e. The number of phenols is 1. The average molecular weight is 959 g/mol. The average Bonchev–Trinajstić information content (AvgIpc) is 3.81. The van der Waals surface area contributed by atoms with E-state index in [1.54, 1.807) is 39.0 Å². The van der Waals surface area contributed by atoms with Crippen molar-refractivity contribution in [3.05, 3.63) is 105 Å². The van der Waals surface area contributed by atoms with Crippen molar-refractivity contribution < 1.29 is 57.4 Å². The Bertz CT molecular complexity index is 2860. The van der Waals surface area contributed by atoms with Crippen molar-refractivity contribution in [3.63, 3.8) is 0 Å². The maximum absolute atomic E-state index is 15.2. The van der Waals surface area contributed by atoms with Gasteiger partial charge in [-0.3, -0.25) is 15.1 Å². The van der Waals surface area contributed by atoms with E-state index in [1.807, 2.05) is 57.3 Å². The van der Waals surface area contributed by atoms with Gasteiger partial charge in [-0.15, -0.1) is 11.8 Å². The van der Waals surface area contributed by atoms with Crippen LogP contribution in [0.25, 0.3) is 6.08 Å². The summed E-state index contributed by atoms with van der Waals surface area (Å²) < 4.78 is 48.4. The molecule has 11 rings (SSSR count). The third-order valence-corrected chi connectivity index (χ3v) is 15.6. The molecule has 4 bridgehead atoms. The molecule has 360 valence electrons. The molecular weight excluding hydrogens is 905 g/mol. The van der Waals surface area contributed by atoms with E-state index in [4.69, 9.17) is 37.9 Å². The zero-order valence-electron chi connectivity index (χ0n) is 39.7. The number of carbonyl (C=O) groups is 3. The Kier molecular flexibility index (Phi) is 11.7. The molecule has 2 N–H and O–H groups in total. The van der Waals surface area contributed by atoms with Crippen molar-refractivity contribution in [3.8, 4) is 46.3 Å². The SMILES string of the molecule is COc1cc2c(cc1OC(=O)OC(C)(C)C)CCN[C@]21CS[C@@H]2c3c(OC(=O)/C=C/c4ccccc4)c(C)c4c(c3[C@H](COC1=O)N1C2[C@H]2c3c(cc(C)c(OC)c3O)C[C@@H]([C@@H]1C#N)N2C)OCO4. The summed E-state index contributed by atoms with van der Waals surface area (Å²) in [5, 5.41) is 26.5. The van der Waals surface area contributed by atoms with Gasteiger partial charge in [0, 0.05) is 52.7 Å². The maximum Gasteiger partial charge on any atom is 0.514 e. The molecule has 1 spiro atoms. The summed E-state index contributed by atoms with van der Waals surface area (Å²) in [5.41, 5.74) is 3.92. The van der Waals surface area contributed by atoms with Gasteiger partial charge in [0.15, 0.2) is 40.0 Å². The summed E-state index contributed by atoms with van der Waals surface area (Å²) in [6.07, 6.45) is 3.09. The minimum atomic E-state index is -1.48. The molecule has 7 aliphatic rings. The summed E-state index contributed by atoms with van der Waals surface area (Å²) in [4.78, 5) is 46.6. The Balaban J connectivity index is 1.18. The number of nitriles is 1. The summed E-state index contributed by atoms with van der Waals surface area (Å²) in [7, 11) is 4.96. The summed E-state index contributed by atoms with van der Waals surface area (Å²) >= 11 is 1.45. The highest BCUT2D eigenvalue weighted by molar-refractivity contribution is 7.99. The fraction of sp³-hybridized carbons (Fsp3) is 0.423. The van der Waals surface area contributed by atoms with E-state index in [2.05, 4.69) is 21.2 Å². The second kappa shape index (κ2) is 17.5. The number of nitrogens with one attached hydrogen (secondary N) is 1. The van der Waals surface area contributed by atoms with Gasteiger partial charge in [0.05, 0.1) is 37.6 Å². The third kappa shape index (κ3) is 7.59. The molecule has 2 fully saturated rings. The number of aryl methyl sites for hydroxylation is 1. The number of benzene rings is 4. The molecular formula is C52H54N4O12S. The molecule has 0 radical (unpaired) electrons. The van der Waals surface area contributed by atoms with Gasteiger partial charge in [-0.2, -0.15) is 5.26 Å². The van der Waals surface area contributed by atoms with Crippen molar-refractivity contribution in [1.29, 1.82) is 5.26 Å². The zero-order valence-corrected chi connectivity index (χ0v) is 40.5. The number of nitrogens with zero attached hydrogens (tertiary/aromatic N) is 3. The molecule has 1 unspecified atom stereocenters. The van der Waals surface area contributed by atoms with Crippen LogP contribution in [0.1, 0.15) is 88.2 Å². The number of carbonyl (C=O) groups excluding carboxylic acids is 3. The number of rotatable bonds is 6. The van der Waals surface area contributed by atoms with Crippen LogP contribution in [0.4, 0.5) is 4.79 Å². The Morgan fingerprint density at radius 3 is 2.46 bits per heavy atom. The molecule has 0 saturated carbocycles. The number of aromatic hydroxyl groups is 1. The molecule has 4 aromatic carbocycles. The van der Waals surface area contributed by atoms with Crippen molar-refractivity contribution >= 4 is 35.9 Å². The molecule has 0 amide bonds. The lowest BCUT2D eigenvalue weighted by atomic mass is 9.71. The van der Waals surface area contributed by atoms with Crippen molar-refractivity contribution in [2.75, 3.05) is 47.0 Å². The van der Waals surface area contributed by atoms with Gasteiger partial charge in [-0.05, 0) is 101 Å². The molecule has 0 aliphatic carbocycles. The normalized spacial score (nSPS) is 25.6. The Morgan fingerprint density at radius 1 is 0.971 bits per heavy atom. The van der Waals surface area contributed by atoms with E-state index in [9.17, 15) is 20.0 Å². The number of piperazine rings is 1. The number of methoxy groups -OCH3 is 2. The Morgan fingerprint density at radius 2 is 1.74 bits per heavy atom. The monoisotopic (exact) mass is 958 g/mol. The number of fused-ring (bicyclic) bond motifs is 9. The molecule has 69 heavy (non-hydrogen) atoms. The van der Waals surface area contributed by atoms with Crippen LogP contribution in [-0.4, -0.2) is 104 Å². The third-order valence-electron chi connectivity index (χ3n) is 14.2. The molecule has 17 heteroatoms. The molecule has 16 nitrogen and oxygen atoms in total. The number of hydrogen-bond donors (Lipinski definition) is 2. The van der Waals surface area contributed by atoms with Crippen LogP contribution in [0.15, 0.2) is 54.6 Å². The predicted octanol–water partition coefficient (Wildman–Crippen LogP) is 7.29. The fourth-order valence-corrected chi connectivity index (χ4v) is 13.0. The molecule has 4 aromatic rings. The molecule has 7 atom stereocenters. The number of esters is 2. The van der Waals surface area contributed by atoms with Crippen LogP contribution in [0.5, 0.6) is 40.2 Å². The first-order valence-corrected chi connectivity index (χ1v) is 24.0. The maximum atomic E-state index is 15.2. The van der Waals surface area contributed by atoms with E-state index in [0.717, 1.165) is 22.3 Å². The number of thioether (sulfide) groups is 1. The highest BCUT2D eigenvalue weighted by atomic mass is 32.2. The van der Waals surface area contributed by atoms with E-state index >= 15 is 4.79 Å². The number of likely N-dealkylation sites (N-methyl/N-ethyl adjacent to an activating group) is 1. The van der Waals surface area contributed by atoms with Crippen LogP contribution in [0, 0.1) is 25.2 Å². The summed E-state index contributed by atoms with van der Waals surface area (Å²) in [6, 6.07) is 14.4. The van der Waals surface area contributed by atoms with Gasteiger partial charge >= 0.3 is 18.1 Å². The van der Waals surface area contributed by atoms with Gasteiger partial charge in [0.2, 0.25) is 6.79 Å². The van der Waals surface area contributed by atoms with Crippen LogP contribution >= 0.6 is 11.8 Å². The number of ether oxygens (including phenoxy) is 8. The quantitative estimate of drug-likeness (QED) is 0.0848. The lowest BCUT2D eigenvalue weighted by Gasteiger charge is -2.62. The van der Waals surface area contributed by atoms with Gasteiger partial charge in [0.25, 0.3) is 0 Å². The lowest BCUT2D eigenvalue weighted by Crippen LogP contribution is -2.69. The molecule has 2 saturated heterocycles. The predicted molar refractivity (Wildman–Crippen MR) is 253 cm³/mol. The Labute approximate surface area is 404 Å². The fourth-order valence-electron chi connectivity index (χ4n) is 11.3. The number of hydrogen-bond acceptors (Lipinski definition) is 17. The molecule has 7 heterocycles. The Hall–Kier alpha value is -6.45. The second-order valence-electron chi connectivity index (χ2n) is 19.2. The lowest BCUT2D eigenvalue weighted by molar-refractivity contribution is -0.157. The van der Waals surface area contributed by atoms with Gasteiger partial charge in [-0.25, -0.2) is 14.4 Å². The van der Waals surface area contributed by atoms with E-state index < -0.39 is 58.7 Å². The highest BCUT2D eigenvalue weighted by Gasteiger charge is 2.62. The van der Waals surface area contributed by atoms with Crippen molar-refractivity contribution in [2.24, 2.45) is 0 Å². The minimum absolute atomic E-state index is 0.0122. The van der Waals surface area contributed by atoms with E-state index in [1.165, 1.54) is 32.1 Å². The first kappa shape index (κ1) is 46.3. The first-order chi connectivity index (χ1) is 33.1. The highest BCUT2D eigenvalue weighted by Crippen LogP contribution is 2.64. The molecule has 0 aromatic heterocycles. The van der Waals surface area contributed by atoms with Gasteiger partial charge in [-0.1, -0.05) is 36.4 Å². The topological polar surface area (TPSA) is 188 Å². The van der Waals surface area contributed by atoms with E-state index in [-0.39, 0.29) is 48.2 Å². The minimum Gasteiger partial charge on any atom is -0.504 e. The summed E-state index contributed by atoms with van der Waals surface area (Å²) in [5.74, 6) is 0.656. The van der Waals surface area contributed by atoms with Crippen molar-refractivity contribution in [2.45, 2.75) is 94.1 Å². The summed E-state index contributed by atoms with van der Waals surface area (Å²) in [6.45, 7) is 8.95.